The molecule has 2 aromatic carbocycles. The van der Waals surface area contributed by atoms with Crippen LogP contribution in [0.5, 0.6) is 0 Å². The quantitative estimate of drug-likeness (QED) is 0.393. The third-order valence-corrected chi connectivity index (χ3v) is 5.61. The molecular weight excluding hydrogens is 422 g/mol. The lowest BCUT2D eigenvalue weighted by atomic mass is 10.1. The largest absolute Gasteiger partial charge is 0.329 e. The summed E-state index contributed by atoms with van der Waals surface area (Å²) < 4.78 is 2.04. The summed E-state index contributed by atoms with van der Waals surface area (Å²) in [5, 5.41) is 9.59. The second-order valence-corrected chi connectivity index (χ2v) is 8.21. The Labute approximate surface area is 194 Å². The topological polar surface area (TPSA) is 65.2 Å². The van der Waals surface area contributed by atoms with E-state index in [1.165, 1.54) is 0 Å². The number of benzene rings is 2. The highest BCUT2D eigenvalue weighted by molar-refractivity contribution is 6.30. The van der Waals surface area contributed by atoms with E-state index in [4.69, 9.17) is 16.9 Å². The molecule has 166 valence electrons. The molecule has 0 unspecified atom stereocenters. The van der Waals surface area contributed by atoms with Crippen LogP contribution in [0.4, 0.5) is 10.5 Å². The number of anilines is 1. The molecule has 0 fully saturated rings. The lowest BCUT2D eigenvalue weighted by Crippen LogP contribution is -2.41. The molecule has 0 N–H and O–H groups in total. The molecule has 0 aliphatic rings. The molecule has 0 spiro atoms. The summed E-state index contributed by atoms with van der Waals surface area (Å²) in [6.07, 6.45) is 6.68. The maximum absolute atomic E-state index is 13.4. The van der Waals surface area contributed by atoms with Gasteiger partial charge in [0.2, 0.25) is 0 Å². The van der Waals surface area contributed by atoms with E-state index in [9.17, 15) is 4.79 Å². The van der Waals surface area contributed by atoms with Gasteiger partial charge in [0.25, 0.3) is 0 Å². The highest BCUT2D eigenvalue weighted by Gasteiger charge is 2.21. The molecule has 2 amide bonds. The molecule has 3 aromatic rings. The number of nitriles is 1. The molecule has 1 heterocycles. The van der Waals surface area contributed by atoms with Gasteiger partial charge in [-0.3, -0.25) is 4.90 Å². The third kappa shape index (κ3) is 6.12. The normalized spacial score (nSPS) is 10.6. The van der Waals surface area contributed by atoms with Crippen LogP contribution in [0.15, 0.2) is 61.1 Å². The van der Waals surface area contributed by atoms with Gasteiger partial charge >= 0.3 is 6.03 Å². The Morgan fingerprint density at radius 1 is 1.19 bits per heavy atom. The van der Waals surface area contributed by atoms with E-state index < -0.39 is 0 Å². The van der Waals surface area contributed by atoms with Crippen molar-refractivity contribution in [1.82, 2.24) is 14.5 Å². The minimum atomic E-state index is -0.0745. The molecule has 0 atom stereocenters. The number of unbranched alkanes of at least 4 members (excludes halogenated alkanes) is 2. The summed E-state index contributed by atoms with van der Waals surface area (Å²) in [6.45, 7) is 3.91. The van der Waals surface area contributed by atoms with Crippen molar-refractivity contribution in [3.8, 4) is 6.07 Å². The first kappa shape index (κ1) is 23.4. The maximum atomic E-state index is 13.4. The van der Waals surface area contributed by atoms with E-state index in [2.05, 4.69) is 18.0 Å². The zero-order valence-electron chi connectivity index (χ0n) is 18.5. The maximum Gasteiger partial charge on any atom is 0.324 e. The van der Waals surface area contributed by atoms with Crippen LogP contribution in [0.25, 0.3) is 0 Å². The lowest BCUT2D eigenvalue weighted by Gasteiger charge is -2.29. The molecule has 6 nitrogen and oxygen atoms in total. The number of rotatable bonds is 9. The first-order valence-corrected chi connectivity index (χ1v) is 11.2. The van der Waals surface area contributed by atoms with Gasteiger partial charge in [0.1, 0.15) is 0 Å². The molecule has 0 bridgehead atoms. The van der Waals surface area contributed by atoms with Crippen LogP contribution in [0.3, 0.4) is 0 Å². The average molecular weight is 450 g/mol. The molecule has 3 rings (SSSR count). The minimum Gasteiger partial charge on any atom is -0.329 e. The zero-order valence-corrected chi connectivity index (χ0v) is 19.3. The number of halogens is 1. The number of hydrogen-bond acceptors (Lipinski definition) is 3. The van der Waals surface area contributed by atoms with Crippen LogP contribution in [0.1, 0.15) is 43.0 Å². The fraction of sp³-hybridized carbons (Fsp3) is 0.320. The Morgan fingerprint density at radius 2 is 1.97 bits per heavy atom. The van der Waals surface area contributed by atoms with Crippen LogP contribution in [-0.2, 0) is 13.1 Å². The van der Waals surface area contributed by atoms with E-state index in [1.54, 1.807) is 30.4 Å². The van der Waals surface area contributed by atoms with E-state index in [-0.39, 0.29) is 6.03 Å². The molecular formula is C25H28ClN5O. The summed E-state index contributed by atoms with van der Waals surface area (Å²) in [4.78, 5) is 21.2. The fourth-order valence-corrected chi connectivity index (χ4v) is 3.69. The van der Waals surface area contributed by atoms with Crippen LogP contribution in [0.2, 0.25) is 5.02 Å². The van der Waals surface area contributed by atoms with E-state index >= 15 is 0 Å². The van der Waals surface area contributed by atoms with E-state index in [0.717, 1.165) is 36.2 Å². The van der Waals surface area contributed by atoms with E-state index in [1.807, 2.05) is 52.1 Å². The summed E-state index contributed by atoms with van der Waals surface area (Å²) in [6, 6.07) is 16.9. The van der Waals surface area contributed by atoms with Gasteiger partial charge in [-0.1, -0.05) is 49.6 Å². The summed E-state index contributed by atoms with van der Waals surface area (Å²) in [7, 11) is 1.77. The second-order valence-electron chi connectivity index (χ2n) is 7.77. The number of aromatic nitrogens is 2. The smallest absolute Gasteiger partial charge is 0.324 e. The molecule has 0 saturated carbocycles. The molecule has 0 radical (unpaired) electrons. The zero-order chi connectivity index (χ0) is 22.9. The van der Waals surface area contributed by atoms with Crippen molar-refractivity contribution in [2.45, 2.75) is 39.3 Å². The number of hydrogen-bond donors (Lipinski definition) is 0. The third-order valence-electron chi connectivity index (χ3n) is 5.37. The average Bonchev–Trinajstić information content (AvgIpc) is 3.24. The highest BCUT2D eigenvalue weighted by Crippen LogP contribution is 2.21. The Balaban J connectivity index is 1.77. The van der Waals surface area contributed by atoms with Crippen molar-refractivity contribution >= 4 is 23.3 Å². The van der Waals surface area contributed by atoms with Gasteiger partial charge in [0.05, 0.1) is 30.2 Å². The van der Waals surface area contributed by atoms with Crippen LogP contribution in [-0.4, -0.2) is 34.1 Å². The van der Waals surface area contributed by atoms with Crippen molar-refractivity contribution in [1.29, 1.82) is 5.26 Å². The van der Waals surface area contributed by atoms with Gasteiger partial charge in [-0.2, -0.15) is 5.26 Å². The number of amides is 2. The Bertz CT molecular complexity index is 1070. The first-order chi connectivity index (χ1) is 15.5. The molecule has 7 heteroatoms. The number of urea groups is 1. The Kier molecular flexibility index (Phi) is 8.29. The predicted octanol–water partition coefficient (Wildman–Crippen LogP) is 5.71. The van der Waals surface area contributed by atoms with Crippen molar-refractivity contribution in [3.05, 3.63) is 82.9 Å². The van der Waals surface area contributed by atoms with Crippen molar-refractivity contribution in [2.75, 3.05) is 18.5 Å². The SMILES string of the molecule is CCCCCN(Cc1cncn1Cc1ccc(C#N)cc1)C(=O)N(C)c1cccc(Cl)c1. The minimum absolute atomic E-state index is 0.0745. The lowest BCUT2D eigenvalue weighted by molar-refractivity contribution is 0.200. The molecule has 0 aliphatic carbocycles. The fourth-order valence-electron chi connectivity index (χ4n) is 3.50. The Morgan fingerprint density at radius 3 is 2.66 bits per heavy atom. The summed E-state index contributed by atoms with van der Waals surface area (Å²) >= 11 is 6.13. The van der Waals surface area contributed by atoms with Gasteiger partial charge in [0.15, 0.2) is 0 Å². The van der Waals surface area contributed by atoms with Gasteiger partial charge in [-0.05, 0) is 42.3 Å². The molecule has 1 aromatic heterocycles. The van der Waals surface area contributed by atoms with Crippen molar-refractivity contribution in [2.24, 2.45) is 0 Å². The molecule has 32 heavy (non-hydrogen) atoms. The molecule has 0 aliphatic heterocycles. The van der Waals surface area contributed by atoms with Gasteiger partial charge in [-0.15, -0.1) is 0 Å². The van der Waals surface area contributed by atoms with Crippen molar-refractivity contribution < 1.29 is 4.79 Å². The standard InChI is InChI=1S/C25H28ClN5O/c1-3-4-5-13-30(25(32)29(2)23-8-6-7-22(26)14-23)18-24-16-28-19-31(24)17-21-11-9-20(15-27)10-12-21/h6-12,14,16,19H,3-5,13,17-18H2,1-2H3. The Hall–Kier alpha value is -3.30. The van der Waals surface area contributed by atoms with Gasteiger partial charge in [-0.25, -0.2) is 9.78 Å². The summed E-state index contributed by atoms with van der Waals surface area (Å²) in [5.41, 5.74) is 3.42. The van der Waals surface area contributed by atoms with E-state index in [0.29, 0.717) is 30.2 Å². The summed E-state index contributed by atoms with van der Waals surface area (Å²) in [5.74, 6) is 0. The number of carbonyl (C=O) groups excluding carboxylic acids is 1. The monoisotopic (exact) mass is 449 g/mol. The number of imidazole rings is 1. The number of nitrogens with zero attached hydrogens (tertiary/aromatic N) is 5. The van der Waals surface area contributed by atoms with Crippen LogP contribution < -0.4 is 4.90 Å². The molecule has 0 saturated heterocycles. The first-order valence-electron chi connectivity index (χ1n) is 10.8. The van der Waals surface area contributed by atoms with Crippen LogP contribution >= 0.6 is 11.6 Å². The van der Waals surface area contributed by atoms with Crippen molar-refractivity contribution in [3.63, 3.8) is 0 Å². The highest BCUT2D eigenvalue weighted by atomic mass is 35.5. The van der Waals surface area contributed by atoms with Crippen LogP contribution in [0, 0.1) is 11.3 Å². The van der Waals surface area contributed by atoms with Gasteiger partial charge in [0, 0.05) is 37.0 Å². The van der Waals surface area contributed by atoms with Gasteiger partial charge < -0.3 is 9.47 Å². The number of carbonyl (C=O) groups is 1. The second kappa shape index (κ2) is 11.4. The predicted molar refractivity (Wildman–Crippen MR) is 128 cm³/mol.